The number of nitrogens with one attached hydrogen (secondary N) is 3. The fourth-order valence-corrected chi connectivity index (χ4v) is 4.54. The van der Waals surface area contributed by atoms with Crippen LogP contribution >= 0.6 is 0 Å². The molecule has 1 aliphatic carbocycles. The van der Waals surface area contributed by atoms with Crippen molar-refractivity contribution < 1.29 is 14.3 Å². The second-order valence-corrected chi connectivity index (χ2v) is 9.37. The molecule has 0 radical (unpaired) electrons. The van der Waals surface area contributed by atoms with E-state index >= 15 is 0 Å². The van der Waals surface area contributed by atoms with Gasteiger partial charge in [0.25, 0.3) is 0 Å². The van der Waals surface area contributed by atoms with Gasteiger partial charge in [-0.1, -0.05) is 0 Å². The van der Waals surface area contributed by atoms with Crippen molar-refractivity contribution in [1.29, 1.82) is 0 Å². The Morgan fingerprint density at radius 3 is 2.66 bits per heavy atom. The number of anilines is 2. The predicted octanol–water partition coefficient (Wildman–Crippen LogP) is 2.74. The van der Waals surface area contributed by atoms with Crippen LogP contribution < -0.4 is 20.9 Å². The van der Waals surface area contributed by atoms with Crippen LogP contribution in [0.25, 0.3) is 11.4 Å². The summed E-state index contributed by atoms with van der Waals surface area (Å²) in [7, 11) is 0. The van der Waals surface area contributed by atoms with E-state index in [2.05, 4.69) is 27.8 Å². The maximum absolute atomic E-state index is 12.5. The van der Waals surface area contributed by atoms with Crippen LogP contribution in [0.15, 0.2) is 24.3 Å². The first-order valence-corrected chi connectivity index (χ1v) is 12.5. The molecule has 186 valence electrons. The number of carbonyl (C=O) groups excluding carboxylic acids is 2. The third-order valence-corrected chi connectivity index (χ3v) is 6.61. The average molecular weight is 480 g/mol. The van der Waals surface area contributed by atoms with Gasteiger partial charge in [0.1, 0.15) is 5.82 Å². The van der Waals surface area contributed by atoms with E-state index in [0.29, 0.717) is 56.8 Å². The number of carbonyl (C=O) groups is 2. The zero-order valence-electron chi connectivity index (χ0n) is 20.3. The zero-order valence-corrected chi connectivity index (χ0v) is 20.3. The van der Waals surface area contributed by atoms with Crippen molar-refractivity contribution in [2.45, 2.75) is 51.7 Å². The van der Waals surface area contributed by atoms with Crippen LogP contribution in [0.4, 0.5) is 21.1 Å². The Hall–Kier alpha value is -3.40. The van der Waals surface area contributed by atoms with Crippen LogP contribution in [-0.2, 0) is 17.7 Å². The summed E-state index contributed by atoms with van der Waals surface area (Å²) in [5, 5.41) is 8.69. The first-order valence-electron chi connectivity index (χ1n) is 12.5. The van der Waals surface area contributed by atoms with Crippen LogP contribution in [0, 0.1) is 0 Å². The number of nitrogens with zero attached hydrogens (tertiary/aromatic N) is 4. The number of hydrogen-bond acceptors (Lipinski definition) is 6. The fraction of sp³-hybridized carbons (Fsp3) is 0.520. The molecule has 2 aliphatic heterocycles. The minimum atomic E-state index is -0.181. The Morgan fingerprint density at radius 1 is 1.14 bits per heavy atom. The first kappa shape index (κ1) is 23.3. The summed E-state index contributed by atoms with van der Waals surface area (Å²) in [6.45, 7) is 7.82. The molecule has 4 amide bonds. The third-order valence-electron chi connectivity index (χ3n) is 6.61. The molecule has 3 aliphatic rings. The number of benzene rings is 1. The molecular formula is C25H33N7O3. The van der Waals surface area contributed by atoms with Crippen molar-refractivity contribution in [3.63, 3.8) is 0 Å². The van der Waals surface area contributed by atoms with Gasteiger partial charge in [0.2, 0.25) is 0 Å². The summed E-state index contributed by atoms with van der Waals surface area (Å²) < 4.78 is 5.65. The molecule has 1 saturated carbocycles. The smallest absolute Gasteiger partial charge is 0.319 e. The van der Waals surface area contributed by atoms with Gasteiger partial charge in [-0.3, -0.25) is 0 Å². The second kappa shape index (κ2) is 10.1. The van der Waals surface area contributed by atoms with Crippen molar-refractivity contribution in [2.24, 2.45) is 0 Å². The summed E-state index contributed by atoms with van der Waals surface area (Å²) >= 11 is 0. The van der Waals surface area contributed by atoms with Crippen molar-refractivity contribution in [1.82, 2.24) is 25.5 Å². The van der Waals surface area contributed by atoms with Crippen LogP contribution in [0.1, 0.15) is 37.9 Å². The van der Waals surface area contributed by atoms with E-state index < -0.39 is 0 Å². The lowest BCUT2D eigenvalue weighted by Gasteiger charge is -2.37. The van der Waals surface area contributed by atoms with E-state index in [9.17, 15) is 9.59 Å². The molecule has 3 heterocycles. The van der Waals surface area contributed by atoms with Crippen LogP contribution in [0.2, 0.25) is 0 Å². The highest BCUT2D eigenvalue weighted by molar-refractivity contribution is 5.89. The molecular weight excluding hydrogens is 446 g/mol. The van der Waals surface area contributed by atoms with Gasteiger partial charge in [0.15, 0.2) is 5.82 Å². The zero-order chi connectivity index (χ0) is 24.4. The topological polar surface area (TPSA) is 112 Å². The van der Waals surface area contributed by atoms with E-state index in [1.165, 1.54) is 0 Å². The van der Waals surface area contributed by atoms with Gasteiger partial charge in [0.05, 0.1) is 31.5 Å². The molecule has 1 unspecified atom stereocenters. The van der Waals surface area contributed by atoms with E-state index in [1.54, 1.807) is 4.90 Å². The summed E-state index contributed by atoms with van der Waals surface area (Å²) in [5.74, 6) is 1.55. The predicted molar refractivity (Wildman–Crippen MR) is 133 cm³/mol. The first-order chi connectivity index (χ1) is 17.0. The van der Waals surface area contributed by atoms with Gasteiger partial charge >= 0.3 is 12.1 Å². The van der Waals surface area contributed by atoms with Crippen LogP contribution in [-0.4, -0.2) is 71.9 Å². The van der Waals surface area contributed by atoms with Gasteiger partial charge in [0, 0.05) is 42.5 Å². The number of morpholine rings is 1. The maximum atomic E-state index is 12.5. The number of aromatic nitrogens is 2. The highest BCUT2D eigenvalue weighted by Crippen LogP contribution is 2.31. The lowest BCUT2D eigenvalue weighted by Crippen LogP contribution is -2.46. The Kier molecular flexibility index (Phi) is 6.72. The third kappa shape index (κ3) is 5.32. The number of hydrogen-bond donors (Lipinski definition) is 3. The normalized spacial score (nSPS) is 19.7. The molecule has 0 bridgehead atoms. The number of rotatable bonds is 5. The van der Waals surface area contributed by atoms with E-state index in [1.807, 2.05) is 31.2 Å². The molecule has 10 heteroatoms. The number of amides is 4. The van der Waals surface area contributed by atoms with Crippen molar-refractivity contribution in [3.8, 4) is 11.4 Å². The van der Waals surface area contributed by atoms with Gasteiger partial charge in [-0.15, -0.1) is 0 Å². The van der Waals surface area contributed by atoms with Crippen molar-refractivity contribution >= 4 is 23.6 Å². The van der Waals surface area contributed by atoms with Crippen LogP contribution in [0.3, 0.4) is 0 Å². The van der Waals surface area contributed by atoms with Crippen LogP contribution in [0.5, 0.6) is 0 Å². The largest absolute Gasteiger partial charge is 0.377 e. The summed E-state index contributed by atoms with van der Waals surface area (Å²) in [5.41, 5.74) is 3.57. The van der Waals surface area contributed by atoms with Gasteiger partial charge < -0.3 is 30.5 Å². The monoisotopic (exact) mass is 479 g/mol. The van der Waals surface area contributed by atoms with Gasteiger partial charge in [-0.05, 0) is 57.4 Å². The molecule has 2 aromatic rings. The quantitative estimate of drug-likeness (QED) is 0.608. The molecule has 3 N–H and O–H groups in total. The van der Waals surface area contributed by atoms with E-state index in [-0.39, 0.29) is 18.1 Å². The Labute approximate surface area is 205 Å². The molecule has 10 nitrogen and oxygen atoms in total. The highest BCUT2D eigenvalue weighted by Gasteiger charge is 2.30. The molecule has 1 aromatic heterocycles. The molecule has 1 atom stereocenters. The Balaban J connectivity index is 1.44. The molecule has 1 saturated heterocycles. The van der Waals surface area contributed by atoms with Gasteiger partial charge in [-0.2, -0.15) is 0 Å². The standard InChI is InChI=1S/C25H33N7O3/c1-3-26-25(34)31-11-10-20-21(14-31)29-22(30-23(20)32-12-13-35-15-16(32)2)17-4-6-18(7-5-17)27-24(33)28-19-8-9-19/h4-7,16,19H,3,8-15H2,1-2H3,(H,26,34)(H2,27,28,33). The molecule has 2 fully saturated rings. The average Bonchev–Trinajstić information content (AvgIpc) is 3.68. The minimum absolute atomic E-state index is 0.0699. The maximum Gasteiger partial charge on any atom is 0.319 e. The van der Waals surface area contributed by atoms with Gasteiger partial charge in [-0.25, -0.2) is 19.6 Å². The Morgan fingerprint density at radius 2 is 1.94 bits per heavy atom. The summed E-state index contributed by atoms with van der Waals surface area (Å²) in [6.07, 6.45) is 2.80. The van der Waals surface area contributed by atoms with E-state index in [4.69, 9.17) is 14.7 Å². The van der Waals surface area contributed by atoms with Crippen molar-refractivity contribution in [2.75, 3.05) is 43.1 Å². The van der Waals surface area contributed by atoms with Crippen molar-refractivity contribution in [3.05, 3.63) is 35.5 Å². The fourth-order valence-electron chi connectivity index (χ4n) is 4.54. The van der Waals surface area contributed by atoms with E-state index in [0.717, 1.165) is 42.0 Å². The Bertz CT molecular complexity index is 1090. The second-order valence-electron chi connectivity index (χ2n) is 9.37. The SMILES string of the molecule is CCNC(=O)N1CCc2c(nc(-c3ccc(NC(=O)NC4CC4)cc3)nc2N2CCOCC2C)C1. The molecule has 0 spiro atoms. The summed E-state index contributed by atoms with van der Waals surface area (Å²) in [6, 6.07) is 7.83. The molecule has 1 aromatic carbocycles. The highest BCUT2D eigenvalue weighted by atomic mass is 16.5. The number of fused-ring (bicyclic) bond motifs is 1. The lowest BCUT2D eigenvalue weighted by atomic mass is 10.0. The number of urea groups is 2. The number of ether oxygens (including phenoxy) is 1. The lowest BCUT2D eigenvalue weighted by molar-refractivity contribution is 0.0983. The summed E-state index contributed by atoms with van der Waals surface area (Å²) in [4.78, 5) is 38.6. The molecule has 5 rings (SSSR count). The molecule has 35 heavy (non-hydrogen) atoms. The minimum Gasteiger partial charge on any atom is -0.377 e.